The number of ether oxygens (including phenoxy) is 1. The summed E-state index contributed by atoms with van der Waals surface area (Å²) in [6, 6.07) is 6.95. The molecule has 0 spiro atoms. The molecule has 0 unspecified atom stereocenters. The molecule has 1 aromatic rings. The van der Waals surface area contributed by atoms with E-state index in [1.807, 2.05) is 19.0 Å². The highest BCUT2D eigenvalue weighted by Gasteiger charge is 2.28. The van der Waals surface area contributed by atoms with Crippen LogP contribution in [0.5, 0.6) is 0 Å². The van der Waals surface area contributed by atoms with Gasteiger partial charge in [-0.3, -0.25) is 9.69 Å². The van der Waals surface area contributed by atoms with Gasteiger partial charge in [-0.1, -0.05) is 36.1 Å². The standard InChI is InChI=1S/C16H18N2O3S2/c1-17(2)8-9-21-15(20)12-6-4-11(5-7-12)10-13-14(19)18(3)16(22)23-13/h4-7,10H,8-9H2,1-3H3/b13-10-. The van der Waals surface area contributed by atoms with E-state index in [0.29, 0.717) is 27.9 Å². The third-order valence-electron chi connectivity index (χ3n) is 3.20. The van der Waals surface area contributed by atoms with Gasteiger partial charge < -0.3 is 9.64 Å². The summed E-state index contributed by atoms with van der Waals surface area (Å²) in [5.41, 5.74) is 1.33. The van der Waals surface area contributed by atoms with Crippen molar-refractivity contribution < 1.29 is 14.3 Å². The molecule has 0 atom stereocenters. The third-order valence-corrected chi connectivity index (χ3v) is 4.69. The number of benzene rings is 1. The van der Waals surface area contributed by atoms with Crippen LogP contribution < -0.4 is 0 Å². The normalized spacial score (nSPS) is 16.5. The first-order valence-electron chi connectivity index (χ1n) is 7.02. The first-order valence-corrected chi connectivity index (χ1v) is 8.24. The van der Waals surface area contributed by atoms with Crippen molar-refractivity contribution in [2.24, 2.45) is 0 Å². The lowest BCUT2D eigenvalue weighted by Gasteiger charge is -2.09. The Morgan fingerprint density at radius 3 is 2.52 bits per heavy atom. The molecule has 0 aromatic heterocycles. The van der Waals surface area contributed by atoms with Crippen LogP contribution in [-0.4, -0.2) is 60.3 Å². The van der Waals surface area contributed by atoms with E-state index in [-0.39, 0.29) is 11.9 Å². The summed E-state index contributed by atoms with van der Waals surface area (Å²) in [6.07, 6.45) is 1.77. The van der Waals surface area contributed by atoms with E-state index < -0.39 is 0 Å². The Balaban J connectivity index is 2.01. The van der Waals surface area contributed by atoms with Crippen molar-refractivity contribution in [3.05, 3.63) is 40.3 Å². The number of thioether (sulfide) groups is 1. The van der Waals surface area contributed by atoms with Crippen molar-refractivity contribution >= 4 is 46.3 Å². The van der Waals surface area contributed by atoms with Crippen molar-refractivity contribution in [2.45, 2.75) is 0 Å². The van der Waals surface area contributed by atoms with E-state index in [2.05, 4.69) is 0 Å². The van der Waals surface area contributed by atoms with E-state index in [9.17, 15) is 9.59 Å². The topological polar surface area (TPSA) is 49.9 Å². The summed E-state index contributed by atoms with van der Waals surface area (Å²) in [5, 5.41) is 0. The average Bonchev–Trinajstić information content (AvgIpc) is 2.75. The molecule has 1 aliphatic heterocycles. The minimum Gasteiger partial charge on any atom is -0.461 e. The number of amides is 1. The molecule has 1 aliphatic rings. The third kappa shape index (κ3) is 4.63. The molecular formula is C16H18N2O3S2. The minimum atomic E-state index is -0.349. The van der Waals surface area contributed by atoms with Gasteiger partial charge in [0.05, 0.1) is 10.5 Å². The SMILES string of the molecule is CN(C)CCOC(=O)c1ccc(/C=C2\SC(=S)N(C)C2=O)cc1. The number of carbonyl (C=O) groups is 2. The predicted octanol–water partition coefficient (Wildman–Crippen LogP) is 2.24. The molecular weight excluding hydrogens is 332 g/mol. The average molecular weight is 350 g/mol. The monoisotopic (exact) mass is 350 g/mol. The lowest BCUT2D eigenvalue weighted by molar-refractivity contribution is -0.121. The van der Waals surface area contributed by atoms with Crippen LogP contribution in [0, 0.1) is 0 Å². The van der Waals surface area contributed by atoms with Crippen LogP contribution in [0.2, 0.25) is 0 Å². The Morgan fingerprint density at radius 1 is 1.35 bits per heavy atom. The van der Waals surface area contributed by atoms with Gasteiger partial charge in [0, 0.05) is 13.6 Å². The largest absolute Gasteiger partial charge is 0.461 e. The maximum atomic E-state index is 11.9. The first-order chi connectivity index (χ1) is 10.9. The second-order valence-corrected chi connectivity index (χ2v) is 6.98. The molecule has 5 nitrogen and oxygen atoms in total. The zero-order valence-electron chi connectivity index (χ0n) is 13.2. The van der Waals surface area contributed by atoms with Gasteiger partial charge in [-0.05, 0) is 37.9 Å². The maximum absolute atomic E-state index is 11.9. The lowest BCUT2D eigenvalue weighted by atomic mass is 10.1. The number of thiocarbonyl (C=S) groups is 1. The fraction of sp³-hybridized carbons (Fsp3) is 0.312. The van der Waals surface area contributed by atoms with Gasteiger partial charge >= 0.3 is 5.97 Å². The van der Waals surface area contributed by atoms with Gasteiger partial charge in [-0.15, -0.1) is 0 Å². The Hall–Kier alpha value is -1.70. The zero-order valence-corrected chi connectivity index (χ0v) is 14.9. The maximum Gasteiger partial charge on any atom is 0.338 e. The first kappa shape index (κ1) is 17.7. The number of likely N-dealkylation sites (N-methyl/N-ethyl adjacent to an activating group) is 2. The molecule has 0 saturated carbocycles. The molecule has 0 aliphatic carbocycles. The highest BCUT2D eigenvalue weighted by molar-refractivity contribution is 8.26. The van der Waals surface area contributed by atoms with Crippen LogP contribution >= 0.6 is 24.0 Å². The van der Waals surface area contributed by atoms with Gasteiger partial charge in [0.2, 0.25) is 0 Å². The molecule has 1 aromatic carbocycles. The summed E-state index contributed by atoms with van der Waals surface area (Å²) < 4.78 is 5.72. The van der Waals surface area contributed by atoms with E-state index >= 15 is 0 Å². The molecule has 0 radical (unpaired) electrons. The lowest BCUT2D eigenvalue weighted by Crippen LogP contribution is -2.22. The van der Waals surface area contributed by atoms with Gasteiger partial charge in [0.15, 0.2) is 0 Å². The van der Waals surface area contributed by atoms with Crippen molar-refractivity contribution in [1.82, 2.24) is 9.80 Å². The number of esters is 1. The van der Waals surface area contributed by atoms with Gasteiger partial charge in [0.25, 0.3) is 5.91 Å². The second-order valence-electron chi connectivity index (χ2n) is 5.30. The van der Waals surface area contributed by atoms with Gasteiger partial charge in [-0.25, -0.2) is 4.79 Å². The minimum absolute atomic E-state index is 0.104. The molecule has 1 heterocycles. The number of hydrogen-bond donors (Lipinski definition) is 0. The number of rotatable bonds is 5. The molecule has 1 fully saturated rings. The van der Waals surface area contributed by atoms with Gasteiger partial charge in [-0.2, -0.15) is 0 Å². The molecule has 2 rings (SSSR count). The Morgan fingerprint density at radius 2 is 2.00 bits per heavy atom. The quantitative estimate of drug-likeness (QED) is 0.461. The van der Waals surface area contributed by atoms with Gasteiger partial charge in [0.1, 0.15) is 10.9 Å². The van der Waals surface area contributed by atoms with E-state index in [1.54, 1.807) is 37.4 Å². The molecule has 7 heteroatoms. The van der Waals surface area contributed by atoms with E-state index in [1.165, 1.54) is 16.7 Å². The van der Waals surface area contributed by atoms with Crippen molar-refractivity contribution in [2.75, 3.05) is 34.3 Å². The Kier molecular flexibility index (Phi) is 5.92. The van der Waals surface area contributed by atoms with Crippen LogP contribution in [-0.2, 0) is 9.53 Å². The summed E-state index contributed by atoms with van der Waals surface area (Å²) in [4.78, 5) is 27.8. The van der Waals surface area contributed by atoms with E-state index in [0.717, 1.165) is 5.56 Å². The van der Waals surface area contributed by atoms with Crippen LogP contribution in [0.4, 0.5) is 0 Å². The highest BCUT2D eigenvalue weighted by atomic mass is 32.2. The summed E-state index contributed by atoms with van der Waals surface area (Å²) in [7, 11) is 5.49. The summed E-state index contributed by atoms with van der Waals surface area (Å²) in [5.74, 6) is -0.453. The van der Waals surface area contributed by atoms with Crippen molar-refractivity contribution in [3.63, 3.8) is 0 Å². The molecule has 1 saturated heterocycles. The molecule has 1 amide bonds. The molecule has 122 valence electrons. The zero-order chi connectivity index (χ0) is 17.0. The number of hydrogen-bond acceptors (Lipinski definition) is 6. The van der Waals surface area contributed by atoms with Crippen LogP contribution in [0.15, 0.2) is 29.2 Å². The fourth-order valence-electron chi connectivity index (χ4n) is 1.82. The summed E-state index contributed by atoms with van der Waals surface area (Å²) >= 11 is 6.36. The number of carbonyl (C=O) groups excluding carboxylic acids is 2. The second kappa shape index (κ2) is 7.72. The number of nitrogens with zero attached hydrogens (tertiary/aromatic N) is 2. The highest BCUT2D eigenvalue weighted by Crippen LogP contribution is 2.31. The fourth-order valence-corrected chi connectivity index (χ4v) is 3.00. The smallest absolute Gasteiger partial charge is 0.338 e. The van der Waals surface area contributed by atoms with Crippen LogP contribution in [0.1, 0.15) is 15.9 Å². The molecule has 0 bridgehead atoms. The summed E-state index contributed by atoms with van der Waals surface area (Å²) in [6.45, 7) is 1.04. The van der Waals surface area contributed by atoms with Crippen LogP contribution in [0.3, 0.4) is 0 Å². The van der Waals surface area contributed by atoms with Crippen molar-refractivity contribution in [3.8, 4) is 0 Å². The predicted molar refractivity (Wildman–Crippen MR) is 96.2 cm³/mol. The Labute approximate surface area is 145 Å². The van der Waals surface area contributed by atoms with Crippen molar-refractivity contribution in [1.29, 1.82) is 0 Å². The van der Waals surface area contributed by atoms with Crippen LogP contribution in [0.25, 0.3) is 6.08 Å². The van der Waals surface area contributed by atoms with E-state index in [4.69, 9.17) is 17.0 Å². The molecule has 23 heavy (non-hydrogen) atoms. The Bertz CT molecular complexity index is 654. The molecule has 0 N–H and O–H groups in total.